The molecule has 1 amide bonds. The highest BCUT2D eigenvalue weighted by molar-refractivity contribution is 5.94. The molecule has 1 unspecified atom stereocenters. The average Bonchev–Trinajstić information content (AvgIpc) is 2.43. The molecule has 0 heterocycles. The van der Waals surface area contributed by atoms with Gasteiger partial charge < -0.3 is 15.1 Å². The van der Waals surface area contributed by atoms with E-state index in [0.717, 1.165) is 6.07 Å². The summed E-state index contributed by atoms with van der Waals surface area (Å²) in [6.45, 7) is 1.18. The molecule has 0 saturated heterocycles. The Kier molecular flexibility index (Phi) is 5.49. The lowest BCUT2D eigenvalue weighted by molar-refractivity contribution is 0.0681. The molecule has 0 aromatic heterocycles. The fraction of sp³-hybridized carbons (Fsp3) is 0.357. The van der Waals surface area contributed by atoms with Crippen LogP contribution in [-0.2, 0) is 0 Å². The number of hydrogen-bond acceptors (Lipinski definition) is 3. The van der Waals surface area contributed by atoms with Crippen LogP contribution < -0.4 is 0 Å². The maximum absolute atomic E-state index is 13.7. The Hall–Kier alpha value is -1.90. The Morgan fingerprint density at radius 1 is 1.47 bits per heavy atom. The molecule has 5 heteroatoms. The number of halogens is 1. The largest absolute Gasteiger partial charge is 0.394 e. The van der Waals surface area contributed by atoms with E-state index in [4.69, 9.17) is 10.2 Å². The number of nitrogens with zero attached hydrogens (tertiary/aromatic N) is 1. The van der Waals surface area contributed by atoms with Crippen molar-refractivity contribution < 1.29 is 19.4 Å². The van der Waals surface area contributed by atoms with Crippen LogP contribution in [0, 0.1) is 17.7 Å². The van der Waals surface area contributed by atoms with Gasteiger partial charge in [-0.3, -0.25) is 4.79 Å². The maximum atomic E-state index is 13.7. The molecule has 0 fully saturated rings. The van der Waals surface area contributed by atoms with E-state index in [1.807, 2.05) is 0 Å². The number of hydrogen-bond donors (Lipinski definition) is 2. The zero-order chi connectivity index (χ0) is 14.4. The Morgan fingerprint density at radius 2 is 2.16 bits per heavy atom. The van der Waals surface area contributed by atoms with Crippen LogP contribution >= 0.6 is 0 Å². The Morgan fingerprint density at radius 3 is 2.68 bits per heavy atom. The summed E-state index contributed by atoms with van der Waals surface area (Å²) in [6, 6.07) is 3.62. The van der Waals surface area contributed by atoms with E-state index in [9.17, 15) is 9.18 Å². The third kappa shape index (κ3) is 3.78. The maximum Gasteiger partial charge on any atom is 0.254 e. The van der Waals surface area contributed by atoms with Gasteiger partial charge in [0.25, 0.3) is 5.91 Å². The van der Waals surface area contributed by atoms with Crippen LogP contribution in [0.1, 0.15) is 22.8 Å². The van der Waals surface area contributed by atoms with E-state index in [0.29, 0.717) is 0 Å². The van der Waals surface area contributed by atoms with E-state index in [1.54, 1.807) is 14.0 Å². The van der Waals surface area contributed by atoms with Crippen molar-refractivity contribution >= 4 is 5.91 Å². The molecule has 2 N–H and O–H groups in total. The first-order valence-electron chi connectivity index (χ1n) is 5.78. The third-order valence-corrected chi connectivity index (χ3v) is 2.76. The van der Waals surface area contributed by atoms with Crippen molar-refractivity contribution in [1.29, 1.82) is 0 Å². The molecule has 1 rings (SSSR count). The molecule has 1 atom stereocenters. The van der Waals surface area contributed by atoms with Crippen molar-refractivity contribution in [3.05, 3.63) is 35.1 Å². The lowest BCUT2D eigenvalue weighted by Gasteiger charge is -2.23. The van der Waals surface area contributed by atoms with Gasteiger partial charge in [-0.15, -0.1) is 0 Å². The highest BCUT2D eigenvalue weighted by Crippen LogP contribution is 2.12. The summed E-state index contributed by atoms with van der Waals surface area (Å²) in [5.41, 5.74) is 0.318. The van der Waals surface area contributed by atoms with Crippen molar-refractivity contribution in [2.45, 2.75) is 13.0 Å². The van der Waals surface area contributed by atoms with Crippen LogP contribution in [-0.4, -0.2) is 47.3 Å². The van der Waals surface area contributed by atoms with Gasteiger partial charge in [0.05, 0.1) is 18.2 Å². The average molecular weight is 265 g/mol. The summed E-state index contributed by atoms with van der Waals surface area (Å²) >= 11 is 0. The summed E-state index contributed by atoms with van der Waals surface area (Å²) in [5.74, 6) is 3.81. The van der Waals surface area contributed by atoms with Gasteiger partial charge in [0.2, 0.25) is 0 Å². The second-order valence-electron chi connectivity index (χ2n) is 4.10. The van der Waals surface area contributed by atoms with Gasteiger partial charge in [-0.2, -0.15) is 0 Å². The zero-order valence-electron chi connectivity index (χ0n) is 10.9. The number of aliphatic hydroxyl groups excluding tert-OH is 2. The quantitative estimate of drug-likeness (QED) is 0.788. The monoisotopic (exact) mass is 265 g/mol. The van der Waals surface area contributed by atoms with Gasteiger partial charge in [0.1, 0.15) is 12.4 Å². The zero-order valence-corrected chi connectivity index (χ0v) is 10.9. The van der Waals surface area contributed by atoms with E-state index in [-0.39, 0.29) is 36.3 Å². The SMILES string of the molecule is CC(CO)N(C)C(=O)c1ccc(C#CCO)c(F)c1. The summed E-state index contributed by atoms with van der Waals surface area (Å²) < 4.78 is 13.7. The van der Waals surface area contributed by atoms with Gasteiger partial charge in [0, 0.05) is 12.6 Å². The smallest absolute Gasteiger partial charge is 0.254 e. The molecular formula is C14H16FNO3. The molecule has 0 aliphatic rings. The number of benzene rings is 1. The molecule has 19 heavy (non-hydrogen) atoms. The molecule has 102 valence electrons. The van der Waals surface area contributed by atoms with Crippen LogP contribution in [0.15, 0.2) is 18.2 Å². The second-order valence-corrected chi connectivity index (χ2v) is 4.10. The number of carbonyl (C=O) groups is 1. The predicted octanol–water partition coefficient (Wildman–Crippen LogP) is 0.622. The second kappa shape index (κ2) is 6.88. The lowest BCUT2D eigenvalue weighted by atomic mass is 10.1. The lowest BCUT2D eigenvalue weighted by Crippen LogP contribution is -2.37. The number of likely N-dealkylation sites (N-methyl/N-ethyl adjacent to an activating group) is 1. The Balaban J connectivity index is 2.98. The molecule has 1 aromatic carbocycles. The highest BCUT2D eigenvalue weighted by atomic mass is 19.1. The van der Waals surface area contributed by atoms with Crippen LogP contribution in [0.5, 0.6) is 0 Å². The molecule has 0 spiro atoms. The van der Waals surface area contributed by atoms with Crippen LogP contribution in [0.2, 0.25) is 0 Å². The fourth-order valence-corrected chi connectivity index (χ4v) is 1.41. The van der Waals surface area contributed by atoms with Crippen molar-refractivity contribution in [2.75, 3.05) is 20.3 Å². The van der Waals surface area contributed by atoms with Gasteiger partial charge in [-0.1, -0.05) is 11.8 Å². The molecule has 4 nitrogen and oxygen atoms in total. The minimum atomic E-state index is -0.614. The molecule has 0 aliphatic heterocycles. The first-order valence-corrected chi connectivity index (χ1v) is 5.78. The van der Waals surface area contributed by atoms with Gasteiger partial charge in [0.15, 0.2) is 0 Å². The summed E-state index contributed by atoms with van der Waals surface area (Å²) in [7, 11) is 1.54. The molecule has 1 aromatic rings. The Labute approximate surface area is 111 Å². The third-order valence-electron chi connectivity index (χ3n) is 2.76. The minimum Gasteiger partial charge on any atom is -0.394 e. The standard InChI is InChI=1S/C14H16FNO3/c1-10(9-18)16(2)14(19)12-6-5-11(4-3-7-17)13(15)8-12/h5-6,8,10,17-18H,7,9H2,1-2H3. The number of amides is 1. The molecule has 0 aliphatic carbocycles. The normalized spacial score (nSPS) is 11.4. The summed E-state index contributed by atoms with van der Waals surface area (Å²) in [5, 5.41) is 17.5. The molecular weight excluding hydrogens is 249 g/mol. The molecule has 0 saturated carbocycles. The van der Waals surface area contributed by atoms with Crippen LogP contribution in [0.4, 0.5) is 4.39 Å². The predicted molar refractivity (Wildman–Crippen MR) is 69.0 cm³/mol. The minimum absolute atomic E-state index is 0.128. The summed E-state index contributed by atoms with van der Waals surface area (Å²) in [4.78, 5) is 13.3. The van der Waals surface area contributed by atoms with Crippen molar-refractivity contribution in [3.8, 4) is 11.8 Å². The van der Waals surface area contributed by atoms with Crippen LogP contribution in [0.25, 0.3) is 0 Å². The van der Waals surface area contributed by atoms with E-state index < -0.39 is 5.82 Å². The van der Waals surface area contributed by atoms with Crippen LogP contribution in [0.3, 0.4) is 0 Å². The van der Waals surface area contributed by atoms with Gasteiger partial charge >= 0.3 is 0 Å². The number of rotatable bonds is 3. The number of carbonyl (C=O) groups excluding carboxylic acids is 1. The summed E-state index contributed by atoms with van der Waals surface area (Å²) in [6.07, 6.45) is 0. The van der Waals surface area contributed by atoms with Crippen molar-refractivity contribution in [3.63, 3.8) is 0 Å². The first kappa shape index (κ1) is 15.2. The van der Waals surface area contributed by atoms with Crippen molar-refractivity contribution in [2.24, 2.45) is 0 Å². The topological polar surface area (TPSA) is 60.8 Å². The highest BCUT2D eigenvalue weighted by Gasteiger charge is 2.17. The number of aliphatic hydroxyl groups is 2. The van der Waals surface area contributed by atoms with E-state index in [1.165, 1.54) is 17.0 Å². The first-order chi connectivity index (χ1) is 9.01. The van der Waals surface area contributed by atoms with Crippen molar-refractivity contribution in [1.82, 2.24) is 4.90 Å². The molecule has 0 bridgehead atoms. The fourth-order valence-electron chi connectivity index (χ4n) is 1.41. The Bertz CT molecular complexity index is 519. The van der Waals surface area contributed by atoms with Gasteiger partial charge in [-0.25, -0.2) is 4.39 Å². The van der Waals surface area contributed by atoms with Gasteiger partial charge in [-0.05, 0) is 25.1 Å². The van der Waals surface area contributed by atoms with E-state index >= 15 is 0 Å². The van der Waals surface area contributed by atoms with E-state index in [2.05, 4.69) is 11.8 Å². The molecule has 0 radical (unpaired) electrons.